The zero-order valence-electron chi connectivity index (χ0n) is 32.1. The minimum Gasteiger partial charge on any atom is -0.475 e. The molecule has 0 aliphatic rings. The molecule has 298 valence electrons. The molecule has 10 heteroatoms. The van der Waals surface area contributed by atoms with Crippen LogP contribution in [0.4, 0.5) is 0 Å². The number of hydrogen-bond acceptors (Lipinski definition) is 7. The van der Waals surface area contributed by atoms with E-state index in [0.29, 0.717) is 31.4 Å². The predicted octanol–water partition coefficient (Wildman–Crippen LogP) is 10.1. The van der Waals surface area contributed by atoms with Crippen LogP contribution < -0.4 is 10.6 Å². The van der Waals surface area contributed by atoms with Gasteiger partial charge >= 0.3 is 5.97 Å². The van der Waals surface area contributed by atoms with Gasteiger partial charge in [-0.3, -0.25) is 4.79 Å². The van der Waals surface area contributed by atoms with Crippen LogP contribution in [0.1, 0.15) is 49.0 Å². The number of carbonyl (C=O) groups excluding carboxylic acids is 1. The fraction of sp³-hybridized carbons (Fsp3) is 0.167. The van der Waals surface area contributed by atoms with Crippen molar-refractivity contribution in [2.45, 2.75) is 38.3 Å². The van der Waals surface area contributed by atoms with Gasteiger partial charge in [0.05, 0.1) is 18.7 Å². The standard InChI is InChI=1S/C29H29N3O2.C10H10O2.C9H6O3.2H2/c1-20(21-9-3-2-4-10-21)32-29(33)27(18-23-19-31-26-13-7-6-12-25(23)26)30-16-15-24-17-22-11-5-8-14-28(22)34-24;11-6-5-9-7-8-3-1-2-4-10(8)12-9;10-9(11)8-5-6-3-1-2-4-7(6)12-8;;/h2-14,17,19-20,27,30-31H,15-16,18H2,1H3,(H,32,33);1-4,7,11H,5-6H2;1-5H,(H,10,11);2*1H. The third kappa shape index (κ3) is 9.91. The first-order valence-electron chi connectivity index (χ1n) is 19.3. The van der Waals surface area contributed by atoms with E-state index in [9.17, 15) is 9.59 Å². The Hall–Kier alpha value is -6.88. The summed E-state index contributed by atoms with van der Waals surface area (Å²) in [6.45, 7) is 2.80. The minimum atomic E-state index is -1.04. The number of furan rings is 3. The number of aromatic nitrogens is 1. The number of aromatic carboxylic acids is 1. The number of carbonyl (C=O) groups is 2. The van der Waals surface area contributed by atoms with Gasteiger partial charge in [-0.2, -0.15) is 0 Å². The van der Waals surface area contributed by atoms with E-state index in [1.807, 2.05) is 122 Å². The van der Waals surface area contributed by atoms with E-state index < -0.39 is 5.97 Å². The van der Waals surface area contributed by atoms with Crippen molar-refractivity contribution in [1.82, 2.24) is 15.6 Å². The second kappa shape index (κ2) is 18.8. The van der Waals surface area contributed by atoms with Crippen LogP contribution in [0.25, 0.3) is 43.8 Å². The number of amides is 1. The summed E-state index contributed by atoms with van der Waals surface area (Å²) >= 11 is 0. The summed E-state index contributed by atoms with van der Waals surface area (Å²) in [6.07, 6.45) is 3.90. The van der Waals surface area contributed by atoms with Crippen LogP contribution in [-0.4, -0.2) is 46.3 Å². The first kappa shape index (κ1) is 39.4. The largest absolute Gasteiger partial charge is 0.475 e. The lowest BCUT2D eigenvalue weighted by molar-refractivity contribution is -0.123. The van der Waals surface area contributed by atoms with Crippen molar-refractivity contribution >= 4 is 55.7 Å². The molecule has 2 unspecified atom stereocenters. The van der Waals surface area contributed by atoms with Crippen molar-refractivity contribution < 1.29 is 35.9 Å². The topological polar surface area (TPSA) is 154 Å². The molecule has 2 atom stereocenters. The summed E-state index contributed by atoms with van der Waals surface area (Å²) in [5.41, 5.74) is 5.68. The Balaban J connectivity index is 0.000000214. The van der Waals surface area contributed by atoms with Crippen LogP contribution in [0.15, 0.2) is 165 Å². The highest BCUT2D eigenvalue weighted by Gasteiger charge is 2.22. The van der Waals surface area contributed by atoms with Crippen LogP contribution in [0.3, 0.4) is 0 Å². The molecule has 9 rings (SSSR count). The van der Waals surface area contributed by atoms with Crippen LogP contribution >= 0.6 is 0 Å². The average molecular weight is 780 g/mol. The Bertz CT molecular complexity index is 2640. The van der Waals surface area contributed by atoms with E-state index in [2.05, 4.69) is 33.8 Å². The fourth-order valence-corrected chi connectivity index (χ4v) is 6.80. The Morgan fingerprint density at radius 2 is 1.24 bits per heavy atom. The number of aliphatic hydroxyl groups excluding tert-OH is 1. The molecule has 0 radical (unpaired) electrons. The first-order chi connectivity index (χ1) is 28.3. The maximum atomic E-state index is 13.4. The van der Waals surface area contributed by atoms with Gasteiger partial charge in [0.25, 0.3) is 0 Å². The summed E-state index contributed by atoms with van der Waals surface area (Å²) in [5, 5.41) is 28.1. The monoisotopic (exact) mass is 779 g/mol. The van der Waals surface area contributed by atoms with E-state index in [-0.39, 0.29) is 33.2 Å². The molecule has 9 aromatic rings. The smallest absolute Gasteiger partial charge is 0.371 e. The Morgan fingerprint density at radius 1 is 0.690 bits per heavy atom. The van der Waals surface area contributed by atoms with Crippen molar-refractivity contribution in [3.63, 3.8) is 0 Å². The zero-order valence-corrected chi connectivity index (χ0v) is 32.1. The van der Waals surface area contributed by atoms with Gasteiger partial charge in [-0.05, 0) is 66.9 Å². The lowest BCUT2D eigenvalue weighted by Gasteiger charge is -2.21. The highest BCUT2D eigenvalue weighted by atomic mass is 16.4. The van der Waals surface area contributed by atoms with Gasteiger partial charge in [-0.15, -0.1) is 0 Å². The van der Waals surface area contributed by atoms with Crippen molar-refractivity contribution in [2.75, 3.05) is 13.2 Å². The number of para-hydroxylation sites is 4. The molecule has 0 fully saturated rings. The number of rotatable bonds is 12. The van der Waals surface area contributed by atoms with Crippen LogP contribution in [0, 0.1) is 0 Å². The molecule has 0 aliphatic heterocycles. The van der Waals surface area contributed by atoms with Gasteiger partial charge in [0.1, 0.15) is 28.3 Å². The maximum Gasteiger partial charge on any atom is 0.371 e. The molecule has 4 aromatic heterocycles. The Labute approximate surface area is 338 Å². The van der Waals surface area contributed by atoms with Gasteiger partial charge in [-0.25, -0.2) is 4.79 Å². The van der Waals surface area contributed by atoms with Crippen LogP contribution in [0.5, 0.6) is 0 Å². The second-order valence-corrected chi connectivity index (χ2v) is 13.9. The molecule has 58 heavy (non-hydrogen) atoms. The van der Waals surface area contributed by atoms with Crippen LogP contribution in [-0.2, 0) is 24.1 Å². The van der Waals surface area contributed by atoms with Crippen LogP contribution in [0.2, 0.25) is 0 Å². The van der Waals surface area contributed by atoms with Gasteiger partial charge in [0, 0.05) is 55.5 Å². The zero-order chi connectivity index (χ0) is 40.3. The first-order valence-corrected chi connectivity index (χ1v) is 19.3. The molecule has 0 saturated heterocycles. The number of benzene rings is 5. The Kier molecular flexibility index (Phi) is 12.8. The van der Waals surface area contributed by atoms with E-state index in [4.69, 9.17) is 23.5 Å². The SMILES string of the molecule is CC(NC(=O)C(Cc1c[nH]c2ccccc12)NCCc1cc2ccccc2o1)c1ccccc1.O=C(O)c1cc2ccccc2o1.OCCc1cc2ccccc2o1.[HH].[HH]. The molecule has 0 saturated carbocycles. The van der Waals surface area contributed by atoms with E-state index in [1.54, 1.807) is 12.1 Å². The van der Waals surface area contributed by atoms with Gasteiger partial charge < -0.3 is 39.1 Å². The summed E-state index contributed by atoms with van der Waals surface area (Å²) in [4.78, 5) is 27.2. The molecule has 1 amide bonds. The van der Waals surface area contributed by atoms with Crippen molar-refractivity contribution in [3.05, 3.63) is 180 Å². The number of hydrogen-bond donors (Lipinski definition) is 5. The van der Waals surface area contributed by atoms with Gasteiger partial charge in [-0.1, -0.05) is 103 Å². The average Bonchev–Trinajstić information content (AvgIpc) is 4.06. The Morgan fingerprint density at radius 3 is 1.84 bits per heavy atom. The van der Waals surface area contributed by atoms with E-state index >= 15 is 0 Å². The highest BCUT2D eigenvalue weighted by molar-refractivity contribution is 5.91. The molecule has 10 nitrogen and oxygen atoms in total. The number of aromatic amines is 1. The van der Waals surface area contributed by atoms with Gasteiger partial charge in [0.15, 0.2) is 0 Å². The molecular weight excluding hydrogens is 731 g/mol. The normalized spacial score (nSPS) is 12.1. The maximum absolute atomic E-state index is 13.4. The van der Waals surface area contributed by atoms with Crippen molar-refractivity contribution in [3.8, 4) is 0 Å². The number of aliphatic hydroxyl groups is 1. The molecule has 0 bridgehead atoms. The summed E-state index contributed by atoms with van der Waals surface area (Å²) in [6, 6.07) is 46.4. The third-order valence-corrected chi connectivity index (χ3v) is 9.78. The molecule has 5 N–H and O–H groups in total. The summed E-state index contributed by atoms with van der Waals surface area (Å²) in [7, 11) is 0. The van der Waals surface area contributed by atoms with E-state index in [1.165, 1.54) is 6.07 Å². The lowest BCUT2D eigenvalue weighted by atomic mass is 10.0. The molecule has 0 spiro atoms. The molecule has 5 aromatic carbocycles. The number of carboxylic acid groups (broad SMARTS) is 1. The van der Waals surface area contributed by atoms with E-state index in [0.717, 1.165) is 60.9 Å². The highest BCUT2D eigenvalue weighted by Crippen LogP contribution is 2.22. The predicted molar refractivity (Wildman–Crippen MR) is 231 cm³/mol. The molecule has 4 heterocycles. The minimum absolute atomic E-state index is 0. The number of carboxylic acids is 1. The third-order valence-electron chi connectivity index (χ3n) is 9.78. The van der Waals surface area contributed by atoms with Gasteiger partial charge in [0.2, 0.25) is 11.7 Å². The lowest BCUT2D eigenvalue weighted by Crippen LogP contribution is -2.46. The molecular formula is C48H49N3O7. The summed E-state index contributed by atoms with van der Waals surface area (Å²) in [5.74, 6) is 0.699. The quantitative estimate of drug-likeness (QED) is 0.0821. The number of nitrogens with one attached hydrogen (secondary N) is 3. The van der Waals surface area contributed by atoms with Crippen molar-refractivity contribution in [1.29, 1.82) is 0 Å². The van der Waals surface area contributed by atoms with Crippen molar-refractivity contribution in [2.24, 2.45) is 0 Å². The number of fused-ring (bicyclic) bond motifs is 4. The second-order valence-electron chi connectivity index (χ2n) is 13.9. The fourth-order valence-electron chi connectivity index (χ4n) is 6.80. The summed E-state index contributed by atoms with van der Waals surface area (Å²) < 4.78 is 16.4. The number of H-pyrrole nitrogens is 1. The molecule has 0 aliphatic carbocycles.